The lowest BCUT2D eigenvalue weighted by Gasteiger charge is -2.23. The van der Waals surface area contributed by atoms with Gasteiger partial charge < -0.3 is 0 Å². The summed E-state index contributed by atoms with van der Waals surface area (Å²) in [5.74, 6) is 0. The molecule has 2 aliphatic rings. The molecule has 0 fully saturated rings. The summed E-state index contributed by atoms with van der Waals surface area (Å²) in [5.41, 5.74) is 11.8. The SMILES string of the molecule is CC(C)(C)c1ccc2[n+](c1)CCc1cc3c(cc1-2)CC[n+]1cc(C(C)(C)C)ccc1-3. The molecule has 30 heavy (non-hydrogen) atoms. The van der Waals surface area contributed by atoms with E-state index in [1.807, 2.05) is 0 Å². The van der Waals surface area contributed by atoms with Crippen LogP contribution >= 0.6 is 0 Å². The summed E-state index contributed by atoms with van der Waals surface area (Å²) >= 11 is 0. The maximum atomic E-state index is 2.48. The number of aryl methyl sites for hydroxylation is 4. The van der Waals surface area contributed by atoms with Crippen LogP contribution in [-0.4, -0.2) is 0 Å². The van der Waals surface area contributed by atoms with Crippen molar-refractivity contribution in [3.8, 4) is 22.5 Å². The van der Waals surface area contributed by atoms with Gasteiger partial charge in [0.2, 0.25) is 11.4 Å². The minimum atomic E-state index is 0.186. The molecule has 0 saturated heterocycles. The monoisotopic (exact) mass is 398 g/mol. The van der Waals surface area contributed by atoms with Crippen molar-refractivity contribution >= 4 is 0 Å². The highest BCUT2D eigenvalue weighted by atomic mass is 15.0. The highest BCUT2D eigenvalue weighted by Gasteiger charge is 2.31. The zero-order chi connectivity index (χ0) is 21.3. The number of fused-ring (bicyclic) bond motifs is 6. The summed E-state index contributed by atoms with van der Waals surface area (Å²) in [5, 5.41) is 0. The molecule has 0 bridgehead atoms. The number of pyridine rings is 2. The Labute approximate surface area is 181 Å². The predicted octanol–water partition coefficient (Wildman–Crippen LogP) is 5.30. The van der Waals surface area contributed by atoms with Crippen molar-refractivity contribution in [1.82, 2.24) is 0 Å². The zero-order valence-electron chi connectivity index (χ0n) is 19.3. The third kappa shape index (κ3) is 3.17. The van der Waals surface area contributed by atoms with Crippen LogP contribution in [0.1, 0.15) is 63.8 Å². The molecule has 2 aromatic heterocycles. The summed E-state index contributed by atoms with van der Waals surface area (Å²) in [6, 6.07) is 14.3. The molecule has 3 aromatic rings. The number of aromatic nitrogens is 2. The molecule has 2 heteroatoms. The Kier molecular flexibility index (Phi) is 4.23. The van der Waals surface area contributed by atoms with Gasteiger partial charge in [-0.3, -0.25) is 0 Å². The molecule has 0 radical (unpaired) electrons. The van der Waals surface area contributed by atoms with Gasteiger partial charge in [0.1, 0.15) is 0 Å². The summed E-state index contributed by atoms with van der Waals surface area (Å²) < 4.78 is 4.94. The summed E-state index contributed by atoms with van der Waals surface area (Å²) in [6.45, 7) is 15.9. The van der Waals surface area contributed by atoms with E-state index < -0.39 is 0 Å². The molecule has 1 aromatic carbocycles. The van der Waals surface area contributed by atoms with Gasteiger partial charge in [-0.2, -0.15) is 9.13 Å². The van der Waals surface area contributed by atoms with Crippen LogP contribution in [-0.2, 0) is 36.8 Å². The van der Waals surface area contributed by atoms with E-state index in [0.717, 1.165) is 25.9 Å². The Balaban J connectivity index is 1.60. The van der Waals surface area contributed by atoms with Crippen LogP contribution in [0, 0.1) is 0 Å². The van der Waals surface area contributed by atoms with Gasteiger partial charge >= 0.3 is 0 Å². The van der Waals surface area contributed by atoms with Gasteiger partial charge in [-0.15, -0.1) is 0 Å². The van der Waals surface area contributed by atoms with E-state index in [0.29, 0.717) is 0 Å². The fourth-order valence-corrected chi connectivity index (χ4v) is 4.90. The molecule has 0 unspecified atom stereocenters. The maximum Gasteiger partial charge on any atom is 0.212 e. The van der Waals surface area contributed by atoms with E-state index in [9.17, 15) is 0 Å². The van der Waals surface area contributed by atoms with Gasteiger partial charge in [-0.05, 0) is 46.2 Å². The van der Waals surface area contributed by atoms with E-state index in [1.165, 1.54) is 44.8 Å². The second-order valence-corrected chi connectivity index (χ2v) is 11.2. The predicted molar refractivity (Wildman–Crippen MR) is 123 cm³/mol. The molecule has 0 saturated carbocycles. The quantitative estimate of drug-likeness (QED) is 0.454. The first kappa shape index (κ1) is 19.5. The molecular formula is C28H34N2+2. The van der Waals surface area contributed by atoms with Crippen molar-refractivity contribution in [3.05, 3.63) is 71.0 Å². The lowest BCUT2D eigenvalue weighted by Crippen LogP contribution is -2.43. The zero-order valence-corrected chi connectivity index (χ0v) is 19.3. The molecule has 5 rings (SSSR count). The average molecular weight is 399 g/mol. The molecular weight excluding hydrogens is 364 g/mol. The average Bonchev–Trinajstić information content (AvgIpc) is 2.70. The van der Waals surface area contributed by atoms with E-state index in [-0.39, 0.29) is 10.8 Å². The van der Waals surface area contributed by atoms with E-state index in [1.54, 1.807) is 0 Å². The van der Waals surface area contributed by atoms with E-state index in [2.05, 4.69) is 99.5 Å². The van der Waals surface area contributed by atoms with Crippen molar-refractivity contribution in [2.45, 2.75) is 78.3 Å². The fourth-order valence-electron chi connectivity index (χ4n) is 4.90. The smallest absolute Gasteiger partial charge is 0.198 e. The Morgan fingerprint density at radius 3 is 1.37 bits per heavy atom. The normalized spacial score (nSPS) is 15.1. The minimum absolute atomic E-state index is 0.186. The second-order valence-electron chi connectivity index (χ2n) is 11.2. The lowest BCUT2D eigenvalue weighted by molar-refractivity contribution is -0.688. The molecule has 0 atom stereocenters. The Bertz CT molecular complexity index is 1060. The highest BCUT2D eigenvalue weighted by molar-refractivity contribution is 5.73. The van der Waals surface area contributed by atoms with Gasteiger partial charge in [0.15, 0.2) is 25.5 Å². The molecule has 0 spiro atoms. The van der Waals surface area contributed by atoms with Crippen LogP contribution in [0.2, 0.25) is 0 Å². The second kappa shape index (κ2) is 6.51. The van der Waals surface area contributed by atoms with Crippen LogP contribution in [0.25, 0.3) is 22.5 Å². The first-order chi connectivity index (χ1) is 14.1. The summed E-state index contributed by atoms with van der Waals surface area (Å²) in [7, 11) is 0. The van der Waals surface area contributed by atoms with E-state index >= 15 is 0 Å². The molecule has 154 valence electrons. The lowest BCUT2D eigenvalue weighted by atomic mass is 9.84. The first-order valence-corrected chi connectivity index (χ1v) is 11.4. The van der Waals surface area contributed by atoms with Gasteiger partial charge in [-0.1, -0.05) is 41.5 Å². The van der Waals surface area contributed by atoms with Crippen LogP contribution in [0.3, 0.4) is 0 Å². The molecule has 2 nitrogen and oxygen atoms in total. The van der Waals surface area contributed by atoms with Gasteiger partial charge in [0.25, 0.3) is 0 Å². The Hall–Kier alpha value is -2.48. The third-order valence-corrected chi connectivity index (χ3v) is 6.91. The van der Waals surface area contributed by atoms with Crippen LogP contribution in [0.5, 0.6) is 0 Å². The largest absolute Gasteiger partial charge is 0.212 e. The van der Waals surface area contributed by atoms with Crippen molar-refractivity contribution < 1.29 is 9.13 Å². The molecule has 0 aliphatic carbocycles. The van der Waals surface area contributed by atoms with Crippen LogP contribution in [0.4, 0.5) is 0 Å². The van der Waals surface area contributed by atoms with Crippen molar-refractivity contribution in [1.29, 1.82) is 0 Å². The van der Waals surface area contributed by atoms with Crippen molar-refractivity contribution in [2.24, 2.45) is 0 Å². The van der Waals surface area contributed by atoms with Crippen LogP contribution in [0.15, 0.2) is 48.8 Å². The van der Waals surface area contributed by atoms with Crippen LogP contribution < -0.4 is 9.13 Å². The Morgan fingerprint density at radius 1 is 0.600 bits per heavy atom. The van der Waals surface area contributed by atoms with Gasteiger partial charge in [-0.25, -0.2) is 0 Å². The number of hydrogen-bond donors (Lipinski definition) is 0. The molecule has 0 N–H and O–H groups in total. The first-order valence-electron chi connectivity index (χ1n) is 11.4. The standard InChI is InChI=1S/C28H34N2/c1-27(2,3)21-7-9-25-23-15-20-12-14-30-18-22(28(4,5)6)8-10-26(30)24(20)16-19(23)11-13-29(25)17-21/h7-10,15-18H,11-14H2,1-6H3/q+2. The highest BCUT2D eigenvalue weighted by Crippen LogP contribution is 2.35. The summed E-state index contributed by atoms with van der Waals surface area (Å²) in [4.78, 5) is 0. The molecule has 2 aliphatic heterocycles. The molecule has 4 heterocycles. The van der Waals surface area contributed by atoms with E-state index in [4.69, 9.17) is 0 Å². The molecule has 0 amide bonds. The van der Waals surface area contributed by atoms with Gasteiger partial charge in [0.05, 0.1) is 0 Å². The number of rotatable bonds is 0. The third-order valence-electron chi connectivity index (χ3n) is 6.91. The van der Waals surface area contributed by atoms with Gasteiger partial charge in [0, 0.05) is 47.2 Å². The topological polar surface area (TPSA) is 7.76 Å². The number of benzene rings is 1. The Morgan fingerprint density at radius 2 is 1.00 bits per heavy atom. The van der Waals surface area contributed by atoms with Crippen molar-refractivity contribution in [2.75, 3.05) is 0 Å². The fraction of sp³-hybridized carbons (Fsp3) is 0.429. The van der Waals surface area contributed by atoms with Crippen molar-refractivity contribution in [3.63, 3.8) is 0 Å². The number of hydrogen-bond acceptors (Lipinski definition) is 0. The minimum Gasteiger partial charge on any atom is -0.198 e. The summed E-state index contributed by atoms with van der Waals surface area (Å²) in [6.07, 6.45) is 6.95. The number of nitrogens with zero attached hydrogens (tertiary/aromatic N) is 2. The maximum absolute atomic E-state index is 2.48.